The monoisotopic (exact) mass is 320 g/mol. The Bertz CT molecular complexity index is 535. The van der Waals surface area contributed by atoms with Gasteiger partial charge in [-0.15, -0.1) is 0 Å². The summed E-state index contributed by atoms with van der Waals surface area (Å²) in [6.45, 7) is 15.7. The Kier molecular flexibility index (Phi) is 14.3. The van der Waals surface area contributed by atoms with Crippen LogP contribution in [0.3, 0.4) is 0 Å². The lowest BCUT2D eigenvalue weighted by atomic mass is 9.98. The first-order chi connectivity index (χ1) is 11.1. The summed E-state index contributed by atoms with van der Waals surface area (Å²) in [5.41, 5.74) is 3.19. The molecule has 2 aromatic carbocycles. The van der Waals surface area contributed by atoms with Crippen LogP contribution in [0.15, 0.2) is 42.5 Å². The Morgan fingerprint density at radius 1 is 0.783 bits per heavy atom. The van der Waals surface area contributed by atoms with Crippen LogP contribution in [-0.4, -0.2) is 5.11 Å². The van der Waals surface area contributed by atoms with E-state index in [1.54, 1.807) is 19.1 Å². The summed E-state index contributed by atoms with van der Waals surface area (Å²) in [4.78, 5) is 0. The molecule has 1 atom stereocenters. The van der Waals surface area contributed by atoms with Crippen LogP contribution in [0.2, 0.25) is 0 Å². The van der Waals surface area contributed by atoms with Gasteiger partial charge in [-0.25, -0.2) is 4.39 Å². The molecule has 2 aromatic rings. The molecule has 23 heavy (non-hydrogen) atoms. The molecule has 0 bridgehead atoms. The predicted molar refractivity (Wildman–Crippen MR) is 100 cm³/mol. The number of aliphatic hydroxyl groups excluding tert-OH is 1. The smallest absolute Gasteiger partial charge is 0.126 e. The third kappa shape index (κ3) is 7.94. The van der Waals surface area contributed by atoms with E-state index in [1.165, 1.54) is 6.07 Å². The lowest BCUT2D eigenvalue weighted by molar-refractivity contribution is 0.220. The first-order valence-corrected chi connectivity index (χ1v) is 8.58. The summed E-state index contributed by atoms with van der Waals surface area (Å²) in [5.74, 6) is -0.245. The maximum absolute atomic E-state index is 13.1. The van der Waals surface area contributed by atoms with Crippen molar-refractivity contribution >= 4 is 0 Å². The van der Waals surface area contributed by atoms with Gasteiger partial charge in [-0.1, -0.05) is 83.5 Å². The fourth-order valence-corrected chi connectivity index (χ4v) is 1.87. The van der Waals surface area contributed by atoms with Crippen LogP contribution in [0, 0.1) is 19.7 Å². The number of aliphatic hydroxyl groups is 1. The predicted octanol–water partition coefficient (Wildman–Crippen LogP) is 6.60. The summed E-state index contributed by atoms with van der Waals surface area (Å²) >= 11 is 0. The highest BCUT2D eigenvalue weighted by Crippen LogP contribution is 2.24. The number of benzene rings is 2. The van der Waals surface area contributed by atoms with Gasteiger partial charge in [-0.2, -0.15) is 0 Å². The molecule has 2 heteroatoms. The van der Waals surface area contributed by atoms with Crippen LogP contribution in [0.4, 0.5) is 4.39 Å². The molecule has 0 radical (unpaired) electrons. The first-order valence-electron chi connectivity index (χ1n) is 8.58. The Morgan fingerprint density at radius 2 is 1.30 bits per heavy atom. The van der Waals surface area contributed by atoms with Crippen molar-refractivity contribution in [2.75, 3.05) is 0 Å². The quantitative estimate of drug-likeness (QED) is 0.660. The van der Waals surface area contributed by atoms with Crippen molar-refractivity contribution in [3.05, 3.63) is 70.5 Å². The SMILES string of the molecule is CC.CC.CC.Cc1cccc(C(O)c2ccc(F)c(C)c2)c1. The van der Waals surface area contributed by atoms with E-state index in [0.29, 0.717) is 5.56 Å². The van der Waals surface area contributed by atoms with Gasteiger partial charge in [0.1, 0.15) is 11.9 Å². The van der Waals surface area contributed by atoms with E-state index in [0.717, 1.165) is 16.7 Å². The topological polar surface area (TPSA) is 20.2 Å². The molecule has 1 N–H and O–H groups in total. The first kappa shape index (κ1) is 23.6. The Labute approximate surface area is 142 Å². The number of aryl methyl sites for hydroxylation is 2. The zero-order valence-electron chi connectivity index (χ0n) is 15.9. The van der Waals surface area contributed by atoms with Gasteiger partial charge < -0.3 is 5.11 Å². The molecule has 0 saturated carbocycles. The van der Waals surface area contributed by atoms with E-state index in [2.05, 4.69) is 0 Å². The van der Waals surface area contributed by atoms with Crippen LogP contribution >= 0.6 is 0 Å². The molecule has 1 nitrogen and oxygen atoms in total. The number of hydrogen-bond acceptors (Lipinski definition) is 1. The number of hydrogen-bond donors (Lipinski definition) is 1. The molecule has 0 heterocycles. The summed E-state index contributed by atoms with van der Waals surface area (Å²) < 4.78 is 13.1. The molecule has 0 amide bonds. The normalized spacial score (nSPS) is 10.0. The summed E-state index contributed by atoms with van der Waals surface area (Å²) in [7, 11) is 0. The van der Waals surface area contributed by atoms with Crippen LogP contribution in [0.1, 0.15) is 69.9 Å². The molecule has 0 fully saturated rings. The van der Waals surface area contributed by atoms with Gasteiger partial charge in [-0.3, -0.25) is 0 Å². The maximum atomic E-state index is 13.1. The van der Waals surface area contributed by atoms with Crippen molar-refractivity contribution in [2.24, 2.45) is 0 Å². The second-order valence-electron chi connectivity index (χ2n) is 4.33. The van der Waals surface area contributed by atoms with Crippen LogP contribution in [-0.2, 0) is 0 Å². The third-order valence-corrected chi connectivity index (χ3v) is 2.86. The van der Waals surface area contributed by atoms with Crippen molar-refractivity contribution in [1.29, 1.82) is 0 Å². The fraction of sp³-hybridized carbons (Fsp3) is 0.429. The van der Waals surface area contributed by atoms with Crippen LogP contribution < -0.4 is 0 Å². The third-order valence-electron chi connectivity index (χ3n) is 2.86. The Hall–Kier alpha value is -1.67. The van der Waals surface area contributed by atoms with Crippen LogP contribution in [0.25, 0.3) is 0 Å². The summed E-state index contributed by atoms with van der Waals surface area (Å²) in [6.07, 6.45) is -0.700. The highest BCUT2D eigenvalue weighted by molar-refractivity contribution is 5.34. The van der Waals surface area contributed by atoms with E-state index in [-0.39, 0.29) is 5.82 Å². The van der Waals surface area contributed by atoms with E-state index in [9.17, 15) is 9.50 Å². The van der Waals surface area contributed by atoms with Gasteiger partial charge in [-0.05, 0) is 36.6 Å². The standard InChI is InChI=1S/C15H15FO.3C2H6/c1-10-4-3-5-12(8-10)15(17)13-6-7-14(16)11(2)9-13;3*1-2/h3-9,15,17H,1-2H3;3*1-2H3. The highest BCUT2D eigenvalue weighted by atomic mass is 19.1. The number of rotatable bonds is 2. The van der Waals surface area contributed by atoms with Gasteiger partial charge >= 0.3 is 0 Å². The van der Waals surface area contributed by atoms with Crippen molar-refractivity contribution < 1.29 is 9.50 Å². The van der Waals surface area contributed by atoms with Gasteiger partial charge in [0.05, 0.1) is 0 Å². The average molecular weight is 320 g/mol. The summed E-state index contributed by atoms with van der Waals surface area (Å²) in [6, 6.07) is 12.4. The van der Waals surface area contributed by atoms with E-state index >= 15 is 0 Å². The molecule has 1 unspecified atom stereocenters. The minimum absolute atomic E-state index is 0.245. The highest BCUT2D eigenvalue weighted by Gasteiger charge is 2.11. The lowest BCUT2D eigenvalue weighted by Crippen LogP contribution is -2.01. The molecular weight excluding hydrogens is 287 g/mol. The largest absolute Gasteiger partial charge is 0.384 e. The zero-order valence-corrected chi connectivity index (χ0v) is 15.9. The average Bonchev–Trinajstić information content (AvgIpc) is 2.62. The van der Waals surface area contributed by atoms with Crippen molar-refractivity contribution in [3.63, 3.8) is 0 Å². The molecule has 0 aliphatic rings. The maximum Gasteiger partial charge on any atom is 0.126 e. The van der Waals surface area contributed by atoms with E-state index in [1.807, 2.05) is 72.7 Å². The second-order valence-corrected chi connectivity index (χ2v) is 4.33. The zero-order chi connectivity index (χ0) is 18.4. The van der Waals surface area contributed by atoms with E-state index < -0.39 is 6.10 Å². The van der Waals surface area contributed by atoms with Crippen molar-refractivity contribution in [2.45, 2.75) is 61.5 Å². The van der Waals surface area contributed by atoms with Crippen molar-refractivity contribution in [3.8, 4) is 0 Å². The minimum atomic E-state index is -0.700. The van der Waals surface area contributed by atoms with Gasteiger partial charge in [0.25, 0.3) is 0 Å². The minimum Gasteiger partial charge on any atom is -0.384 e. The van der Waals surface area contributed by atoms with Crippen LogP contribution in [0.5, 0.6) is 0 Å². The van der Waals surface area contributed by atoms with Gasteiger partial charge in [0, 0.05) is 0 Å². The second kappa shape index (κ2) is 14.0. The number of halogens is 1. The Morgan fingerprint density at radius 3 is 1.78 bits per heavy atom. The van der Waals surface area contributed by atoms with Gasteiger partial charge in [0.15, 0.2) is 0 Å². The molecule has 2 rings (SSSR count). The van der Waals surface area contributed by atoms with Crippen molar-refractivity contribution in [1.82, 2.24) is 0 Å². The van der Waals surface area contributed by atoms with Gasteiger partial charge in [0.2, 0.25) is 0 Å². The molecule has 0 aliphatic heterocycles. The van der Waals surface area contributed by atoms with E-state index in [4.69, 9.17) is 0 Å². The lowest BCUT2D eigenvalue weighted by Gasteiger charge is -2.13. The molecule has 130 valence electrons. The molecule has 0 aliphatic carbocycles. The molecule has 0 aromatic heterocycles. The summed E-state index contributed by atoms with van der Waals surface area (Å²) in [5, 5.41) is 10.2. The molecular formula is C21H33FO. The fourth-order valence-electron chi connectivity index (χ4n) is 1.87. The molecule has 0 saturated heterocycles. The Balaban J connectivity index is 0. The molecule has 0 spiro atoms.